The van der Waals surface area contributed by atoms with Crippen molar-refractivity contribution in [3.05, 3.63) is 99.9 Å². The molecule has 3 aromatic heterocycles. The molecule has 2 saturated carbocycles. The van der Waals surface area contributed by atoms with Gasteiger partial charge < -0.3 is 30.4 Å². The summed E-state index contributed by atoms with van der Waals surface area (Å²) in [4.78, 5) is 41.5. The van der Waals surface area contributed by atoms with Crippen molar-refractivity contribution < 1.29 is 27.6 Å². The van der Waals surface area contributed by atoms with E-state index in [0.717, 1.165) is 101 Å². The Bertz CT molecular complexity index is 2670. The second-order valence-electron chi connectivity index (χ2n) is 19.0. The van der Waals surface area contributed by atoms with E-state index in [0.29, 0.717) is 42.6 Å². The molecule has 17 heteroatoms. The highest BCUT2D eigenvalue weighted by Gasteiger charge is 2.49. The molecule has 0 unspecified atom stereocenters. The van der Waals surface area contributed by atoms with Crippen molar-refractivity contribution in [1.29, 1.82) is 0 Å². The number of carbonyl (C=O) groups is 1. The number of amides is 1. The number of anilines is 3. The summed E-state index contributed by atoms with van der Waals surface area (Å²) < 4.78 is 42.0. The van der Waals surface area contributed by atoms with E-state index < -0.39 is 31.4 Å². The molecule has 5 aromatic rings. The van der Waals surface area contributed by atoms with E-state index in [1.54, 1.807) is 24.4 Å². The van der Waals surface area contributed by atoms with Crippen LogP contribution < -0.4 is 25.4 Å². The Hall–Kier alpha value is -5.78. The number of nitrogens with one attached hydrogen (secondary N) is 3. The molecule has 65 heavy (non-hydrogen) atoms. The van der Waals surface area contributed by atoms with Crippen LogP contribution in [0.3, 0.4) is 0 Å². The maximum atomic E-state index is 14.0. The Labute approximate surface area is 379 Å². The number of nitro groups is 1. The van der Waals surface area contributed by atoms with Crippen molar-refractivity contribution in [2.24, 2.45) is 17.3 Å². The molecule has 0 radical (unpaired) electrons. The van der Waals surface area contributed by atoms with Crippen LogP contribution in [-0.2, 0) is 14.8 Å². The van der Waals surface area contributed by atoms with Crippen molar-refractivity contribution in [2.45, 2.75) is 95.0 Å². The van der Waals surface area contributed by atoms with Gasteiger partial charge in [0.2, 0.25) is 5.82 Å². The zero-order valence-corrected chi connectivity index (χ0v) is 38.1. The van der Waals surface area contributed by atoms with Crippen LogP contribution in [0.5, 0.6) is 11.5 Å². The topological polar surface area (TPSA) is 211 Å². The monoisotopic (exact) mass is 905 g/mol. The highest BCUT2D eigenvalue weighted by atomic mass is 32.2. The number of piperidine rings is 1. The minimum atomic E-state index is -4.63. The number of hydrogen-bond donors (Lipinski definition) is 4. The average Bonchev–Trinajstić information content (AvgIpc) is 3.75. The minimum absolute atomic E-state index is 0.0227. The van der Waals surface area contributed by atoms with E-state index >= 15 is 0 Å². The number of pyridine rings is 2. The summed E-state index contributed by atoms with van der Waals surface area (Å²) in [6.45, 7) is 11.2. The van der Waals surface area contributed by atoms with Crippen molar-refractivity contribution in [2.75, 3.05) is 55.3 Å². The van der Waals surface area contributed by atoms with Crippen molar-refractivity contribution in [3.63, 3.8) is 0 Å². The number of hydrogen-bond acceptors (Lipinski definition) is 13. The van der Waals surface area contributed by atoms with Crippen LogP contribution in [-0.4, -0.2) is 84.5 Å². The number of nitrogens with two attached hydrogens (primary N) is 1. The first-order valence-corrected chi connectivity index (χ1v) is 24.4. The van der Waals surface area contributed by atoms with Crippen LogP contribution in [0.2, 0.25) is 0 Å². The largest absolute Gasteiger partial charge is 0.453 e. The maximum Gasteiger partial charge on any atom is 0.312 e. The molecule has 2 saturated heterocycles. The lowest BCUT2D eigenvalue weighted by atomic mass is 9.59. The smallest absolute Gasteiger partial charge is 0.312 e. The van der Waals surface area contributed by atoms with E-state index in [1.165, 1.54) is 17.2 Å². The summed E-state index contributed by atoms with van der Waals surface area (Å²) in [5.74, 6) is 0.739. The van der Waals surface area contributed by atoms with Gasteiger partial charge in [-0.15, -0.1) is 0 Å². The Morgan fingerprint density at radius 3 is 2.57 bits per heavy atom. The Morgan fingerprint density at radius 2 is 1.82 bits per heavy atom. The summed E-state index contributed by atoms with van der Waals surface area (Å²) in [7, 11) is -4.63. The third-order valence-corrected chi connectivity index (χ3v) is 15.7. The van der Waals surface area contributed by atoms with Crippen LogP contribution in [0, 0.1) is 27.4 Å². The number of rotatable bonds is 13. The second kappa shape index (κ2) is 18.2. The summed E-state index contributed by atoms with van der Waals surface area (Å²) in [6, 6.07) is 19.0. The minimum Gasteiger partial charge on any atom is -0.453 e. The molecule has 344 valence electrons. The summed E-state index contributed by atoms with van der Waals surface area (Å²) >= 11 is 0. The number of sulfonamides is 1. The third kappa shape index (κ3) is 9.36. The average molecular weight is 906 g/mol. The molecule has 16 nitrogen and oxygen atoms in total. The number of morpholine rings is 1. The van der Waals surface area contributed by atoms with Crippen LogP contribution in [0.4, 0.5) is 23.0 Å². The second-order valence-corrected chi connectivity index (χ2v) is 20.7. The summed E-state index contributed by atoms with van der Waals surface area (Å²) in [6.07, 6.45) is 11.2. The Kier molecular flexibility index (Phi) is 12.5. The molecule has 0 bridgehead atoms. The Balaban J connectivity index is 0.913. The highest BCUT2D eigenvalue weighted by Crippen LogP contribution is 2.53. The zero-order valence-electron chi connectivity index (χ0n) is 37.3. The fraction of sp³-hybridized carbons (Fsp3) is 0.479. The van der Waals surface area contributed by atoms with Crippen molar-refractivity contribution in [3.8, 4) is 11.5 Å². The fourth-order valence-electron chi connectivity index (χ4n) is 10.5. The van der Waals surface area contributed by atoms with Gasteiger partial charge >= 0.3 is 5.69 Å². The molecule has 2 aliphatic heterocycles. The molecule has 2 aliphatic carbocycles. The quantitative estimate of drug-likeness (QED) is 0.0645. The van der Waals surface area contributed by atoms with Gasteiger partial charge in [-0.05, 0) is 97.1 Å². The van der Waals surface area contributed by atoms with Crippen LogP contribution in [0.25, 0.3) is 11.0 Å². The van der Waals surface area contributed by atoms with Gasteiger partial charge in [0.15, 0.2) is 11.6 Å². The zero-order chi connectivity index (χ0) is 45.5. The first-order chi connectivity index (χ1) is 31.3. The number of aromatic nitrogens is 3. The van der Waals surface area contributed by atoms with E-state index in [1.807, 2.05) is 6.07 Å². The molecule has 1 amide bonds. The molecular weight excluding hydrogens is 847 g/mol. The number of benzene rings is 2. The number of aromatic amines is 1. The molecule has 1 atom stereocenters. The lowest BCUT2D eigenvalue weighted by Crippen LogP contribution is -2.58. The van der Waals surface area contributed by atoms with Gasteiger partial charge in [-0.3, -0.25) is 19.8 Å². The summed E-state index contributed by atoms with van der Waals surface area (Å²) in [5, 5.41) is 15.9. The van der Waals surface area contributed by atoms with E-state index in [9.17, 15) is 23.3 Å². The first kappa shape index (κ1) is 44.4. The molecule has 4 aliphatic rings. The summed E-state index contributed by atoms with van der Waals surface area (Å²) in [5.41, 5.74) is 10.1. The molecule has 4 fully saturated rings. The van der Waals surface area contributed by atoms with Gasteiger partial charge in [0, 0.05) is 61.6 Å². The lowest BCUT2D eigenvalue weighted by molar-refractivity contribution is -0.384. The number of H-pyrrole nitrogens is 1. The molecule has 5 heterocycles. The standard InChI is InChI=1S/C48H59N9O7S/c1-30(2)37-6-4-5-7-38(37)41-29-63-21-20-56(41)35-25-48(26-35)15-18-55(19-16-48)34-12-13-39(42(23-34)64-43-22-33-14-17-50-45(33)53-44(43)49)47(58)54-65(61,62)36-24-40(57(59)60)46(52-28-36)51-27-32-10-8-31(3)9-11-32/h4-7,12-14,17,22-24,28,30-32,35,41H,8-11,15-16,18-21,25-27,29H2,1-3H3,(H,51,52)(H,54,58)(H3,49,50,53)/t31?,32?,41-/m0/s1. The van der Waals surface area contributed by atoms with Crippen LogP contribution in [0.15, 0.2) is 78.0 Å². The van der Waals surface area contributed by atoms with E-state index in [-0.39, 0.29) is 40.2 Å². The third-order valence-electron chi connectivity index (χ3n) is 14.4. The lowest BCUT2D eigenvalue weighted by Gasteiger charge is -2.57. The maximum absolute atomic E-state index is 14.0. The van der Waals surface area contributed by atoms with Gasteiger partial charge in [-0.25, -0.2) is 23.1 Å². The molecule has 5 N–H and O–H groups in total. The van der Waals surface area contributed by atoms with Gasteiger partial charge in [-0.1, -0.05) is 57.9 Å². The van der Waals surface area contributed by atoms with Gasteiger partial charge in [0.1, 0.15) is 16.3 Å². The van der Waals surface area contributed by atoms with E-state index in [2.05, 4.69) is 79.8 Å². The molecule has 2 aromatic carbocycles. The number of fused-ring (bicyclic) bond motifs is 1. The number of nitrogens with zero attached hydrogens (tertiary/aromatic N) is 5. The Morgan fingerprint density at radius 1 is 1.05 bits per heavy atom. The van der Waals surface area contributed by atoms with Gasteiger partial charge in [0.25, 0.3) is 15.9 Å². The fourth-order valence-corrected chi connectivity index (χ4v) is 11.4. The molecule has 1 spiro atoms. The molecular formula is C48H59N9O7S. The first-order valence-electron chi connectivity index (χ1n) is 22.9. The SMILES string of the molecule is CC1CCC(CNc2ncc(S(=O)(=O)NC(=O)c3ccc(N4CCC5(CC4)CC(N4CCOC[C@H]4c4ccccc4C(C)C)C5)cc3Oc3cc4cc[nH]c4nc3N)cc2[N+](=O)[O-])CC1. The van der Waals surface area contributed by atoms with Crippen LogP contribution >= 0.6 is 0 Å². The van der Waals surface area contributed by atoms with E-state index in [4.69, 9.17) is 15.2 Å². The normalized spacial score (nSPS) is 21.6. The van der Waals surface area contributed by atoms with Gasteiger partial charge in [-0.2, -0.15) is 0 Å². The number of nitrogen functional groups attached to an aromatic ring is 1. The predicted molar refractivity (Wildman–Crippen MR) is 250 cm³/mol. The highest BCUT2D eigenvalue weighted by molar-refractivity contribution is 7.90. The van der Waals surface area contributed by atoms with Crippen LogP contribution in [0.1, 0.15) is 106 Å². The van der Waals surface area contributed by atoms with Gasteiger partial charge in [0.05, 0.1) is 35.9 Å². The molecule has 9 rings (SSSR count). The van der Waals surface area contributed by atoms with Crippen molar-refractivity contribution >= 4 is 50.0 Å². The number of carbonyl (C=O) groups excluding carboxylic acids is 1. The predicted octanol–water partition coefficient (Wildman–Crippen LogP) is 8.54. The number of ether oxygens (including phenoxy) is 2. The van der Waals surface area contributed by atoms with Crippen molar-refractivity contribution in [1.82, 2.24) is 24.6 Å².